The maximum Gasteiger partial charge on any atom is 0.460 e. The fraction of sp³-hybridized carbons (Fsp3) is 0.571. The second-order valence-electron chi connectivity index (χ2n) is 11.8. The first-order valence-corrected chi connectivity index (χ1v) is 13.9. The lowest BCUT2D eigenvalue weighted by Gasteiger charge is -2.42. The van der Waals surface area contributed by atoms with E-state index in [0.717, 1.165) is 0 Å². The molecule has 2 nitrogen and oxygen atoms in total. The molecule has 56 heavy (non-hydrogen) atoms. The van der Waals surface area contributed by atoms with E-state index in [-0.39, 0.29) is 48.5 Å². The standard InChI is InChI=1S/C28H16F26O2/c29-17(30,19(33,34)21(37,38)23(41,42)25(45,46)27(49,50)51)9-15(11-1-5-13(55)6-2-11)16(12-3-7-14(56)8-4-12)10-18(31,32)20(35,36)22(39,40)24(43,44)26(47,48)28(52,53)54/h1-8,15-16,55-56H,9-10H2/t15-,16-/m1/s1. The van der Waals surface area contributed by atoms with E-state index in [1.54, 1.807) is 0 Å². The van der Waals surface area contributed by atoms with Crippen LogP contribution in [-0.2, 0) is 0 Å². The van der Waals surface area contributed by atoms with Gasteiger partial charge in [0.15, 0.2) is 0 Å². The molecule has 0 aliphatic carbocycles. The summed E-state index contributed by atoms with van der Waals surface area (Å²) in [5, 5.41) is 18.9. The first-order chi connectivity index (χ1) is 24.4. The maximum atomic E-state index is 15.2. The molecule has 2 aromatic carbocycles. The molecule has 0 unspecified atom stereocenters. The highest BCUT2D eigenvalue weighted by Crippen LogP contribution is 2.64. The van der Waals surface area contributed by atoms with Crippen molar-refractivity contribution < 1.29 is 124 Å². The zero-order valence-electron chi connectivity index (χ0n) is 25.9. The summed E-state index contributed by atoms with van der Waals surface area (Å²) in [6.07, 6.45) is -23.1. The topological polar surface area (TPSA) is 40.5 Å². The van der Waals surface area contributed by atoms with Gasteiger partial charge in [-0.15, -0.1) is 0 Å². The molecule has 0 fully saturated rings. The lowest BCUT2D eigenvalue weighted by molar-refractivity contribution is -0.441. The molecule has 2 aromatic rings. The quantitative estimate of drug-likeness (QED) is 0.175. The van der Waals surface area contributed by atoms with Gasteiger partial charge < -0.3 is 10.2 Å². The number of benzene rings is 2. The summed E-state index contributed by atoms with van der Waals surface area (Å²) >= 11 is 0. The Hall–Kier alpha value is -3.78. The number of hydrogen-bond acceptors (Lipinski definition) is 2. The maximum absolute atomic E-state index is 15.2. The summed E-state index contributed by atoms with van der Waals surface area (Å²) in [4.78, 5) is 0. The van der Waals surface area contributed by atoms with Crippen molar-refractivity contribution in [1.29, 1.82) is 0 Å². The van der Waals surface area contributed by atoms with Crippen LogP contribution in [0.1, 0.15) is 35.8 Å². The van der Waals surface area contributed by atoms with Gasteiger partial charge in [0, 0.05) is 12.8 Å². The van der Waals surface area contributed by atoms with Crippen molar-refractivity contribution in [2.45, 2.75) is 96.3 Å². The normalized spacial score (nSPS) is 16.5. The van der Waals surface area contributed by atoms with E-state index in [0.29, 0.717) is 0 Å². The number of rotatable bonds is 15. The van der Waals surface area contributed by atoms with Gasteiger partial charge in [0.05, 0.1) is 0 Å². The van der Waals surface area contributed by atoms with Crippen LogP contribution in [0.4, 0.5) is 114 Å². The van der Waals surface area contributed by atoms with Crippen LogP contribution in [0.5, 0.6) is 11.5 Å². The molecule has 0 saturated carbocycles. The molecule has 2 rings (SSSR count). The van der Waals surface area contributed by atoms with Crippen molar-refractivity contribution in [2.24, 2.45) is 0 Å². The van der Waals surface area contributed by atoms with Gasteiger partial charge in [-0.2, -0.15) is 114 Å². The van der Waals surface area contributed by atoms with E-state index in [1.807, 2.05) is 0 Å². The van der Waals surface area contributed by atoms with Gasteiger partial charge in [0.25, 0.3) is 0 Å². The molecule has 0 amide bonds. The van der Waals surface area contributed by atoms with E-state index in [4.69, 9.17) is 0 Å². The van der Waals surface area contributed by atoms with Crippen LogP contribution >= 0.6 is 0 Å². The molecule has 322 valence electrons. The molecular weight excluding hydrogens is 862 g/mol. The number of halogens is 26. The fourth-order valence-corrected chi connectivity index (χ4v) is 4.84. The van der Waals surface area contributed by atoms with Crippen LogP contribution in [0.2, 0.25) is 0 Å². The molecule has 0 heterocycles. The highest BCUT2D eigenvalue weighted by Gasteiger charge is 2.92. The van der Waals surface area contributed by atoms with Gasteiger partial charge in [-0.1, -0.05) is 24.3 Å². The Labute approximate surface area is 292 Å². The molecule has 0 aliphatic rings. The molecule has 0 aromatic heterocycles. The minimum absolute atomic E-state index is 0.0646. The summed E-state index contributed by atoms with van der Waals surface area (Å²) in [7, 11) is 0. The lowest BCUT2D eigenvalue weighted by Crippen LogP contribution is -2.70. The van der Waals surface area contributed by atoms with E-state index in [9.17, 15) is 107 Å². The van der Waals surface area contributed by atoms with Crippen molar-refractivity contribution in [3.63, 3.8) is 0 Å². The second kappa shape index (κ2) is 14.0. The van der Waals surface area contributed by atoms with Crippen LogP contribution in [0.3, 0.4) is 0 Å². The first-order valence-electron chi connectivity index (χ1n) is 13.9. The van der Waals surface area contributed by atoms with Crippen LogP contribution in [0, 0.1) is 0 Å². The predicted octanol–water partition coefficient (Wildman–Crippen LogP) is 12.2. The predicted molar refractivity (Wildman–Crippen MR) is 133 cm³/mol. The lowest BCUT2D eigenvalue weighted by atomic mass is 9.73. The van der Waals surface area contributed by atoms with Crippen LogP contribution < -0.4 is 0 Å². The molecule has 0 saturated heterocycles. The SMILES string of the molecule is Oc1ccc([C@@H](CC(F)(F)C(F)(F)C(F)(F)C(F)(F)C(F)(F)C(F)(F)F)[C@H](CC(F)(F)C(F)(F)C(F)(F)C(F)(F)C(F)(F)C(F)(F)F)c2ccc(O)cc2)cc1. The van der Waals surface area contributed by atoms with Crippen molar-refractivity contribution in [1.82, 2.24) is 0 Å². The second-order valence-corrected chi connectivity index (χ2v) is 11.8. The Bertz CT molecular complexity index is 1530. The van der Waals surface area contributed by atoms with Gasteiger partial charge in [-0.3, -0.25) is 0 Å². The smallest absolute Gasteiger partial charge is 0.460 e. The number of aromatic hydroxyl groups is 2. The Kier molecular flexibility index (Phi) is 12.1. The third kappa shape index (κ3) is 7.40. The largest absolute Gasteiger partial charge is 0.508 e. The molecule has 28 heteroatoms. The first kappa shape index (κ1) is 48.4. The third-order valence-corrected chi connectivity index (χ3v) is 8.08. The van der Waals surface area contributed by atoms with Gasteiger partial charge in [0.1, 0.15) is 11.5 Å². The average molecular weight is 878 g/mol. The molecule has 2 N–H and O–H groups in total. The summed E-state index contributed by atoms with van der Waals surface area (Å²) in [6.45, 7) is 0. The molecule has 2 atom stereocenters. The number of hydrogen-bond donors (Lipinski definition) is 2. The Morgan fingerprint density at radius 3 is 0.696 bits per heavy atom. The van der Waals surface area contributed by atoms with Gasteiger partial charge in [-0.05, 0) is 47.2 Å². The van der Waals surface area contributed by atoms with Crippen molar-refractivity contribution in [3.05, 3.63) is 59.7 Å². The summed E-state index contributed by atoms with van der Waals surface area (Å²) in [6, 6.07) is 1.09. The van der Waals surface area contributed by atoms with E-state index < -0.39 is 119 Å². The highest BCUT2D eigenvalue weighted by molar-refractivity contribution is 5.36. The van der Waals surface area contributed by atoms with Gasteiger partial charge >= 0.3 is 71.6 Å². The Morgan fingerprint density at radius 1 is 0.304 bits per heavy atom. The van der Waals surface area contributed by atoms with Crippen LogP contribution in [0.15, 0.2) is 48.5 Å². The minimum Gasteiger partial charge on any atom is -0.508 e. The number of alkyl halides is 26. The molecule has 0 bridgehead atoms. The molecular formula is C28H16F26O2. The van der Waals surface area contributed by atoms with Crippen LogP contribution in [0.25, 0.3) is 0 Å². The van der Waals surface area contributed by atoms with Crippen molar-refractivity contribution in [3.8, 4) is 11.5 Å². The number of phenolic OH excluding ortho intramolecular Hbond substituents is 2. The monoisotopic (exact) mass is 878 g/mol. The van der Waals surface area contributed by atoms with Gasteiger partial charge in [0.2, 0.25) is 0 Å². The van der Waals surface area contributed by atoms with Gasteiger partial charge in [-0.25, -0.2) is 0 Å². The minimum atomic E-state index is -8.55. The molecule has 0 radical (unpaired) electrons. The van der Waals surface area contributed by atoms with E-state index in [1.165, 1.54) is 0 Å². The summed E-state index contributed by atoms with van der Waals surface area (Å²) in [5.41, 5.74) is -2.99. The van der Waals surface area contributed by atoms with E-state index in [2.05, 4.69) is 0 Å². The van der Waals surface area contributed by atoms with Crippen molar-refractivity contribution in [2.75, 3.05) is 0 Å². The van der Waals surface area contributed by atoms with Crippen LogP contribution in [-0.4, -0.2) is 81.8 Å². The fourth-order valence-electron chi connectivity index (χ4n) is 4.84. The number of phenols is 2. The zero-order chi connectivity index (χ0) is 44.5. The zero-order valence-corrected chi connectivity index (χ0v) is 25.9. The summed E-state index contributed by atoms with van der Waals surface area (Å²) in [5.74, 6) is -91.2. The summed E-state index contributed by atoms with van der Waals surface area (Å²) < 4.78 is 361. The average Bonchev–Trinajstić information content (AvgIpc) is 3.01. The molecule has 0 spiro atoms. The van der Waals surface area contributed by atoms with E-state index >= 15 is 17.6 Å². The third-order valence-electron chi connectivity index (χ3n) is 8.08. The Balaban J connectivity index is 2.96. The molecule has 0 aliphatic heterocycles. The highest BCUT2D eigenvalue weighted by atomic mass is 19.4. The van der Waals surface area contributed by atoms with Crippen molar-refractivity contribution >= 4 is 0 Å². The Morgan fingerprint density at radius 2 is 0.500 bits per heavy atom.